The van der Waals surface area contributed by atoms with E-state index in [0.717, 1.165) is 22.2 Å². The van der Waals surface area contributed by atoms with Crippen LogP contribution in [0.4, 0.5) is 0 Å². The third-order valence-electron chi connectivity index (χ3n) is 3.41. The summed E-state index contributed by atoms with van der Waals surface area (Å²) in [7, 11) is 0. The van der Waals surface area contributed by atoms with Crippen molar-refractivity contribution in [3.8, 4) is 0 Å². The molecule has 5 heteroatoms. The van der Waals surface area contributed by atoms with Crippen LogP contribution in [-0.4, -0.2) is 6.61 Å². The molecule has 2 unspecified atom stereocenters. The Hall–Kier alpha value is -0.910. The lowest BCUT2D eigenvalue weighted by Crippen LogP contribution is -2.35. The normalized spacial score (nSPS) is 20.0. The minimum absolute atomic E-state index is 0.0651. The molecule has 2 heterocycles. The van der Waals surface area contributed by atoms with Gasteiger partial charge in [-0.05, 0) is 29.7 Å². The van der Waals surface area contributed by atoms with Crippen molar-refractivity contribution in [2.75, 3.05) is 6.61 Å². The second-order valence-electron chi connectivity index (χ2n) is 4.53. The summed E-state index contributed by atoms with van der Waals surface area (Å²) >= 11 is 7.54. The summed E-state index contributed by atoms with van der Waals surface area (Å²) in [6.07, 6.45) is 0.888. The molecule has 0 spiro atoms. The molecule has 0 aliphatic carbocycles. The molecule has 100 valence electrons. The van der Waals surface area contributed by atoms with E-state index in [1.807, 2.05) is 18.2 Å². The van der Waals surface area contributed by atoms with Crippen LogP contribution in [0.15, 0.2) is 36.4 Å². The first-order chi connectivity index (χ1) is 9.29. The second kappa shape index (κ2) is 5.61. The zero-order valence-electron chi connectivity index (χ0n) is 10.3. The highest BCUT2D eigenvalue weighted by Gasteiger charge is 2.30. The molecule has 0 saturated carbocycles. The van der Waals surface area contributed by atoms with Crippen molar-refractivity contribution in [3.05, 3.63) is 56.7 Å². The van der Waals surface area contributed by atoms with Gasteiger partial charge in [0.25, 0.3) is 0 Å². The number of rotatable bonds is 3. The molecule has 0 fully saturated rings. The summed E-state index contributed by atoms with van der Waals surface area (Å²) in [4.78, 5) is 1.09. The average molecular weight is 295 g/mol. The Morgan fingerprint density at radius 2 is 2.16 bits per heavy atom. The Morgan fingerprint density at radius 3 is 2.89 bits per heavy atom. The lowest BCUT2D eigenvalue weighted by atomic mass is 9.93. The molecule has 2 atom stereocenters. The molecular weight excluding hydrogens is 280 g/mol. The fourth-order valence-corrected chi connectivity index (χ4v) is 3.66. The summed E-state index contributed by atoms with van der Waals surface area (Å²) in [6, 6.07) is 12.2. The molecule has 19 heavy (non-hydrogen) atoms. The number of nitrogens with two attached hydrogens (primary N) is 1. The molecule has 1 aromatic heterocycles. The molecule has 1 aromatic carbocycles. The fraction of sp³-hybridized carbons (Fsp3) is 0.286. The third kappa shape index (κ3) is 2.55. The number of benzene rings is 1. The Bertz CT molecular complexity index is 572. The van der Waals surface area contributed by atoms with Crippen LogP contribution in [-0.2, 0) is 11.2 Å². The van der Waals surface area contributed by atoms with Crippen molar-refractivity contribution in [2.45, 2.75) is 18.6 Å². The van der Waals surface area contributed by atoms with Crippen LogP contribution >= 0.6 is 22.9 Å². The van der Waals surface area contributed by atoms with E-state index < -0.39 is 0 Å². The molecule has 3 rings (SSSR count). The summed E-state index contributed by atoms with van der Waals surface area (Å²) in [6.45, 7) is 0.721. The highest BCUT2D eigenvalue weighted by Crippen LogP contribution is 2.39. The standard InChI is InChI=1S/C14H15ClN2OS/c15-12-6-5-11(19-12)13(17-16)14-10-4-2-1-3-9(10)7-8-18-14/h1-6,13-14,17H,7-8,16H2. The highest BCUT2D eigenvalue weighted by molar-refractivity contribution is 7.16. The zero-order valence-corrected chi connectivity index (χ0v) is 11.9. The second-order valence-corrected chi connectivity index (χ2v) is 6.27. The zero-order chi connectivity index (χ0) is 13.2. The van der Waals surface area contributed by atoms with Crippen molar-refractivity contribution in [2.24, 2.45) is 5.84 Å². The Balaban J connectivity index is 1.97. The van der Waals surface area contributed by atoms with E-state index in [1.165, 1.54) is 22.5 Å². The van der Waals surface area contributed by atoms with E-state index >= 15 is 0 Å². The Kier molecular flexibility index (Phi) is 3.86. The first kappa shape index (κ1) is 13.1. The number of hydrazine groups is 1. The maximum atomic E-state index is 6.01. The van der Waals surface area contributed by atoms with Crippen LogP contribution in [0.1, 0.15) is 28.1 Å². The van der Waals surface area contributed by atoms with Gasteiger partial charge in [0, 0.05) is 4.88 Å². The van der Waals surface area contributed by atoms with Gasteiger partial charge in [-0.3, -0.25) is 5.84 Å². The minimum Gasteiger partial charge on any atom is -0.371 e. The van der Waals surface area contributed by atoms with E-state index in [1.54, 1.807) is 0 Å². The lowest BCUT2D eigenvalue weighted by molar-refractivity contribution is 0.0156. The van der Waals surface area contributed by atoms with E-state index in [0.29, 0.717) is 0 Å². The van der Waals surface area contributed by atoms with Gasteiger partial charge in [0.15, 0.2) is 0 Å². The highest BCUT2D eigenvalue weighted by atomic mass is 35.5. The minimum atomic E-state index is -0.0704. The first-order valence-corrected chi connectivity index (χ1v) is 7.40. The van der Waals surface area contributed by atoms with E-state index in [2.05, 4.69) is 23.6 Å². The molecule has 3 N–H and O–H groups in total. The van der Waals surface area contributed by atoms with Crippen LogP contribution in [0.5, 0.6) is 0 Å². The number of nitrogens with one attached hydrogen (secondary N) is 1. The lowest BCUT2D eigenvalue weighted by Gasteiger charge is -2.31. The molecule has 0 radical (unpaired) electrons. The van der Waals surface area contributed by atoms with E-state index in [9.17, 15) is 0 Å². The van der Waals surface area contributed by atoms with Crippen LogP contribution < -0.4 is 11.3 Å². The molecule has 0 bridgehead atoms. The van der Waals surface area contributed by atoms with Crippen molar-refractivity contribution in [1.82, 2.24) is 5.43 Å². The van der Waals surface area contributed by atoms with Gasteiger partial charge in [-0.2, -0.15) is 0 Å². The van der Waals surface area contributed by atoms with Crippen LogP contribution in [0.3, 0.4) is 0 Å². The summed E-state index contributed by atoms with van der Waals surface area (Å²) in [5.74, 6) is 5.74. The molecule has 0 saturated heterocycles. The number of hydrogen-bond acceptors (Lipinski definition) is 4. The van der Waals surface area contributed by atoms with Crippen molar-refractivity contribution >= 4 is 22.9 Å². The maximum absolute atomic E-state index is 6.01. The van der Waals surface area contributed by atoms with Crippen molar-refractivity contribution in [1.29, 1.82) is 0 Å². The molecule has 1 aliphatic rings. The van der Waals surface area contributed by atoms with Gasteiger partial charge >= 0.3 is 0 Å². The first-order valence-electron chi connectivity index (χ1n) is 6.20. The molecule has 2 aromatic rings. The third-order valence-corrected chi connectivity index (χ3v) is 4.73. The van der Waals surface area contributed by atoms with Crippen molar-refractivity contribution < 1.29 is 4.74 Å². The largest absolute Gasteiger partial charge is 0.371 e. The van der Waals surface area contributed by atoms with Gasteiger partial charge in [0.1, 0.15) is 6.10 Å². The number of halogens is 1. The van der Waals surface area contributed by atoms with Gasteiger partial charge < -0.3 is 4.74 Å². The predicted octanol–water partition coefficient (Wildman–Crippen LogP) is 3.22. The monoisotopic (exact) mass is 294 g/mol. The number of thiophene rings is 1. The van der Waals surface area contributed by atoms with E-state index in [-0.39, 0.29) is 12.1 Å². The molecular formula is C14H15ClN2OS. The summed E-state index contributed by atoms with van der Waals surface area (Å²) < 4.78 is 6.71. The number of fused-ring (bicyclic) bond motifs is 1. The number of hydrogen-bond donors (Lipinski definition) is 2. The van der Waals surface area contributed by atoms with Gasteiger partial charge in [0.05, 0.1) is 17.0 Å². The SMILES string of the molecule is NNC(c1ccc(Cl)s1)C1OCCc2ccccc21. The van der Waals surface area contributed by atoms with Crippen molar-refractivity contribution in [3.63, 3.8) is 0 Å². The quantitative estimate of drug-likeness (QED) is 0.675. The van der Waals surface area contributed by atoms with E-state index in [4.69, 9.17) is 22.2 Å². The van der Waals surface area contributed by atoms with Crippen LogP contribution in [0.2, 0.25) is 4.34 Å². The van der Waals surface area contributed by atoms with Crippen LogP contribution in [0, 0.1) is 0 Å². The fourth-order valence-electron chi connectivity index (χ4n) is 2.51. The Labute approximate surface area is 121 Å². The Morgan fingerprint density at radius 1 is 1.32 bits per heavy atom. The van der Waals surface area contributed by atoms with Gasteiger partial charge in [-0.1, -0.05) is 35.9 Å². The molecule has 1 aliphatic heterocycles. The summed E-state index contributed by atoms with van der Waals surface area (Å²) in [5.41, 5.74) is 5.41. The average Bonchev–Trinajstić information content (AvgIpc) is 2.86. The summed E-state index contributed by atoms with van der Waals surface area (Å²) in [5, 5.41) is 0. The molecule has 0 amide bonds. The van der Waals surface area contributed by atoms with Crippen LogP contribution in [0.25, 0.3) is 0 Å². The molecule has 3 nitrogen and oxygen atoms in total. The van der Waals surface area contributed by atoms with Gasteiger partial charge in [-0.25, -0.2) is 5.43 Å². The smallest absolute Gasteiger partial charge is 0.104 e. The maximum Gasteiger partial charge on any atom is 0.104 e. The predicted molar refractivity (Wildman–Crippen MR) is 78.2 cm³/mol. The van der Waals surface area contributed by atoms with Gasteiger partial charge in [-0.15, -0.1) is 11.3 Å². The van der Waals surface area contributed by atoms with Gasteiger partial charge in [0.2, 0.25) is 0 Å². The topological polar surface area (TPSA) is 47.3 Å². The number of ether oxygens (including phenoxy) is 1.